The Bertz CT molecular complexity index is 34.7. The number of rotatable bonds is 0. The molecule has 0 aromatic heterocycles. The van der Waals surface area contributed by atoms with Crippen LogP contribution in [0.25, 0.3) is 0 Å². The molecule has 0 bridgehead atoms. The van der Waals surface area contributed by atoms with Crippen LogP contribution in [0.4, 0.5) is 0 Å². The molecule has 5 heteroatoms. The topological polar surface area (TPSA) is 46.1 Å². The van der Waals surface area contributed by atoms with Crippen molar-refractivity contribution in [2.45, 2.75) is 0 Å². The van der Waals surface area contributed by atoms with E-state index in [2.05, 4.69) is 24.4 Å². The van der Waals surface area contributed by atoms with Crippen LogP contribution in [0.2, 0.25) is 0 Å². The van der Waals surface area contributed by atoms with Crippen molar-refractivity contribution in [3.63, 3.8) is 0 Å². The second kappa shape index (κ2) is 33.5. The fraction of sp³-hybridized carbons (Fsp3) is 0. The van der Waals surface area contributed by atoms with Crippen LogP contribution in [-0.4, -0.2) is 11.1 Å². The first-order valence-electron chi connectivity index (χ1n) is 0.943. The molecule has 0 rings (SSSR count). The van der Waals surface area contributed by atoms with Crippen molar-refractivity contribution < 1.29 is 27.3 Å². The van der Waals surface area contributed by atoms with Gasteiger partial charge >= 0.3 is 17.1 Å². The third-order valence-electron chi connectivity index (χ3n) is 0. The molecule has 0 saturated heterocycles. The summed E-state index contributed by atoms with van der Waals surface area (Å²) < 4.78 is 0. The third-order valence-corrected chi connectivity index (χ3v) is 0. The maximum absolute atomic E-state index is 8.62. The molecule has 2 nitrogen and oxygen atoms in total. The fourth-order valence-corrected chi connectivity index (χ4v) is 0. The summed E-state index contributed by atoms with van der Waals surface area (Å²) in [4.78, 5) is 0. The first-order valence-corrected chi connectivity index (χ1v) is 1.89. The minimum Gasteiger partial charge on any atom is -0.870 e. The molecule has 0 N–H and O–H groups in total. The predicted molar refractivity (Wildman–Crippen MR) is 27.3 cm³/mol. The van der Waals surface area contributed by atoms with Gasteiger partial charge in [-0.05, 0) is 0 Å². The molecule has 0 aromatic rings. The van der Waals surface area contributed by atoms with Gasteiger partial charge in [-0.3, -0.25) is 0 Å². The molecule has 0 spiro atoms. The summed E-state index contributed by atoms with van der Waals surface area (Å²) in [5.74, 6) is 0. The van der Waals surface area contributed by atoms with Gasteiger partial charge in [0.25, 0.3) is 0 Å². The van der Waals surface area contributed by atoms with Crippen molar-refractivity contribution in [1.82, 2.24) is 0 Å². The van der Waals surface area contributed by atoms with Gasteiger partial charge in [0.15, 0.2) is 0 Å². The molecule has 1 radical (unpaired) electrons. The van der Waals surface area contributed by atoms with Crippen molar-refractivity contribution in [2.24, 2.45) is 0 Å². The second-order valence-electron chi connectivity index (χ2n) is 0.192. The monoisotopic (exact) mass is 185 g/mol. The zero-order chi connectivity index (χ0) is 5.41. The van der Waals surface area contributed by atoms with E-state index < -0.39 is 0 Å². The molecule has 0 aliphatic heterocycles. The Kier molecular flexibility index (Phi) is 74.9. The molecule has 0 saturated carbocycles. The van der Waals surface area contributed by atoms with E-state index in [9.17, 15) is 0 Å². The second-order valence-corrected chi connectivity index (χ2v) is 0.577. The van der Waals surface area contributed by atoms with Crippen LogP contribution >= 0.6 is 24.4 Å². The van der Waals surface area contributed by atoms with Crippen LogP contribution in [0.3, 0.4) is 0 Å². The van der Waals surface area contributed by atoms with Gasteiger partial charge in [-0.1, -0.05) is 11.1 Å². The predicted octanol–water partition coefficient (Wildman–Crippen LogP) is -1.39. The van der Waals surface area contributed by atoms with Crippen molar-refractivity contribution in [1.29, 1.82) is 0 Å². The molecule has 7 heavy (non-hydrogen) atoms. The molecule has 0 aliphatic rings. The number of hydrogen-bond acceptors (Lipinski definition) is 4. The third kappa shape index (κ3) is 1300. The van der Waals surface area contributed by atoms with E-state index in [-0.39, 0.29) is 17.1 Å². The van der Waals surface area contributed by atoms with E-state index in [0.29, 0.717) is 11.1 Å². The molecule has 0 fully saturated rings. The average Bonchev–Trinajstić information content (AvgIpc) is 1.39. The molecule has 0 aromatic carbocycles. The smallest absolute Gasteiger partial charge is 0.870 e. The Morgan fingerprint density at radius 3 is 1.00 bits per heavy atom. The van der Waals surface area contributed by atoms with Gasteiger partial charge in [-0.15, -0.1) is 24.4 Å². The first kappa shape index (κ1) is 15.7. The molecule has 45 valence electrons. The molecular weight excluding hydrogens is 184 g/mol. The van der Waals surface area contributed by atoms with Crippen molar-refractivity contribution in [3.8, 4) is 0 Å². The van der Waals surface area contributed by atoms with Crippen molar-refractivity contribution >= 4 is 35.5 Å². The largest absolute Gasteiger partial charge is 2.00 e. The zero-order valence-corrected chi connectivity index (χ0v) is 5.66. The van der Waals surface area contributed by atoms with E-state index in [1.165, 1.54) is 0 Å². The Balaban J connectivity index is -0.0000000400. The first-order chi connectivity index (χ1) is 2.83. The Morgan fingerprint density at radius 2 is 1.00 bits per heavy atom. The van der Waals surface area contributed by atoms with E-state index in [1.807, 2.05) is 0 Å². The summed E-state index contributed by atoms with van der Waals surface area (Å²) in [5, 5.41) is 17.2. The molecule has 0 amide bonds. The average molecular weight is 186 g/mol. The number of hydrogen-bond donors (Lipinski definition) is 0. The van der Waals surface area contributed by atoms with E-state index >= 15 is 0 Å². The minimum absolute atomic E-state index is 0. The minimum atomic E-state index is 0. The SMILES string of the molecule is [Cu+2].[O-]C=S.[O-]C=S. The molecule has 0 unspecified atom stereocenters. The Hall–Kier alpha value is 0.299. The van der Waals surface area contributed by atoms with E-state index in [1.54, 1.807) is 0 Å². The normalized spacial score (nSPS) is 3.43. The standard InChI is InChI=1S/2CH2OS.Cu/c2*2-1-3;/h2*1H,(H,2,3);/q;;+2/p-2. The number of thiocarbonyl (C=S) groups is 2. The summed E-state index contributed by atoms with van der Waals surface area (Å²) in [6.07, 6.45) is 0. The van der Waals surface area contributed by atoms with Gasteiger partial charge in [0.2, 0.25) is 0 Å². The van der Waals surface area contributed by atoms with Gasteiger partial charge in [-0.25, -0.2) is 0 Å². The van der Waals surface area contributed by atoms with Gasteiger partial charge < -0.3 is 10.2 Å². The van der Waals surface area contributed by atoms with Crippen LogP contribution < -0.4 is 10.2 Å². The van der Waals surface area contributed by atoms with Crippen LogP contribution in [0.15, 0.2) is 0 Å². The Morgan fingerprint density at radius 1 is 1.00 bits per heavy atom. The summed E-state index contributed by atoms with van der Waals surface area (Å²) in [6, 6.07) is 0. The van der Waals surface area contributed by atoms with E-state index in [4.69, 9.17) is 10.2 Å². The quantitative estimate of drug-likeness (QED) is 0.344. The summed E-state index contributed by atoms with van der Waals surface area (Å²) in [7, 11) is 0. The van der Waals surface area contributed by atoms with Gasteiger partial charge in [-0.2, -0.15) is 0 Å². The molecule has 0 aliphatic carbocycles. The summed E-state index contributed by atoms with van der Waals surface area (Å²) >= 11 is 7.43. The van der Waals surface area contributed by atoms with Crippen LogP contribution in [0, 0.1) is 0 Å². The maximum Gasteiger partial charge on any atom is 2.00 e. The molecular formula is C2H2CuO2S2. The molecule has 0 heterocycles. The fourth-order valence-electron chi connectivity index (χ4n) is 0. The van der Waals surface area contributed by atoms with E-state index in [0.717, 1.165) is 0 Å². The maximum atomic E-state index is 8.62. The van der Waals surface area contributed by atoms with Gasteiger partial charge in [0.05, 0.1) is 0 Å². The van der Waals surface area contributed by atoms with Gasteiger partial charge in [0, 0.05) is 0 Å². The summed E-state index contributed by atoms with van der Waals surface area (Å²) in [5.41, 5.74) is 0.667. The van der Waals surface area contributed by atoms with Crippen molar-refractivity contribution in [3.05, 3.63) is 0 Å². The Labute approximate surface area is 63.0 Å². The van der Waals surface area contributed by atoms with Crippen LogP contribution in [0.5, 0.6) is 0 Å². The van der Waals surface area contributed by atoms with Crippen LogP contribution in [-0.2, 0) is 17.1 Å². The van der Waals surface area contributed by atoms with Gasteiger partial charge in [0.1, 0.15) is 0 Å². The van der Waals surface area contributed by atoms with Crippen molar-refractivity contribution in [2.75, 3.05) is 0 Å². The van der Waals surface area contributed by atoms with Crippen LogP contribution in [0.1, 0.15) is 0 Å². The zero-order valence-electron chi connectivity index (χ0n) is 3.09. The summed E-state index contributed by atoms with van der Waals surface area (Å²) in [6.45, 7) is 0. The molecule has 0 atom stereocenters.